The van der Waals surface area contributed by atoms with Gasteiger partial charge in [-0.2, -0.15) is 0 Å². The Morgan fingerprint density at radius 2 is 1.96 bits per heavy atom. The fraction of sp³-hybridized carbons (Fsp3) is 0.200. The molecule has 6 heteroatoms. The zero-order valence-corrected chi connectivity index (χ0v) is 15.8. The van der Waals surface area contributed by atoms with Gasteiger partial charge in [0, 0.05) is 23.2 Å². The molecule has 0 unspecified atom stereocenters. The number of nitrogens with one attached hydrogen (secondary N) is 1. The highest BCUT2D eigenvalue weighted by Gasteiger charge is 2.18. The van der Waals surface area contributed by atoms with Crippen LogP contribution < -0.4 is 5.32 Å². The lowest BCUT2D eigenvalue weighted by Crippen LogP contribution is -2.13. The van der Waals surface area contributed by atoms with Crippen LogP contribution in [0.25, 0.3) is 10.9 Å². The third-order valence-electron chi connectivity index (χ3n) is 3.94. The first-order valence-corrected chi connectivity index (χ1v) is 9.08. The molecular weight excluding hydrogens is 371 g/mol. The summed E-state index contributed by atoms with van der Waals surface area (Å²) in [7, 11) is 0. The van der Waals surface area contributed by atoms with E-state index in [0.717, 1.165) is 6.42 Å². The molecule has 0 radical (unpaired) electrons. The van der Waals surface area contributed by atoms with E-state index in [1.54, 1.807) is 19.1 Å². The summed E-state index contributed by atoms with van der Waals surface area (Å²) in [4.78, 5) is 16.7. The maximum atomic E-state index is 12.3. The van der Waals surface area contributed by atoms with Gasteiger partial charge in [0.2, 0.25) is 0 Å². The maximum Gasteiger partial charge on any atom is 0.341 e. The number of pyridine rings is 1. The highest BCUT2D eigenvalue weighted by Crippen LogP contribution is 2.33. The van der Waals surface area contributed by atoms with Crippen LogP contribution in [0.2, 0.25) is 10.0 Å². The molecule has 4 nitrogen and oxygen atoms in total. The van der Waals surface area contributed by atoms with E-state index < -0.39 is 5.97 Å². The molecule has 0 aliphatic carbocycles. The van der Waals surface area contributed by atoms with Crippen LogP contribution in [0, 0.1) is 0 Å². The number of benzene rings is 2. The molecule has 0 bridgehead atoms. The fourth-order valence-electron chi connectivity index (χ4n) is 2.76. The van der Waals surface area contributed by atoms with E-state index in [0.29, 0.717) is 38.7 Å². The van der Waals surface area contributed by atoms with Crippen molar-refractivity contribution in [2.24, 2.45) is 0 Å². The second-order valence-electron chi connectivity index (χ2n) is 5.71. The number of carbonyl (C=O) groups excluding carboxylic acids is 1. The molecule has 2 aromatic carbocycles. The summed E-state index contributed by atoms with van der Waals surface area (Å²) in [5.41, 5.74) is 2.79. The largest absolute Gasteiger partial charge is 0.462 e. The average molecular weight is 389 g/mol. The van der Waals surface area contributed by atoms with E-state index in [1.807, 2.05) is 18.2 Å². The molecule has 0 saturated heterocycles. The first kappa shape index (κ1) is 18.5. The van der Waals surface area contributed by atoms with Gasteiger partial charge in [0.25, 0.3) is 0 Å². The van der Waals surface area contributed by atoms with Gasteiger partial charge in [-0.05, 0) is 31.0 Å². The minimum absolute atomic E-state index is 0.288. The predicted molar refractivity (Wildman–Crippen MR) is 106 cm³/mol. The minimum atomic E-state index is -0.430. The number of nitrogens with zero attached hydrogens (tertiary/aromatic N) is 1. The molecule has 0 saturated carbocycles. The van der Waals surface area contributed by atoms with Crippen molar-refractivity contribution in [3.63, 3.8) is 0 Å². The summed E-state index contributed by atoms with van der Waals surface area (Å²) >= 11 is 12.4. The van der Waals surface area contributed by atoms with Crippen LogP contribution in [-0.2, 0) is 11.2 Å². The molecule has 1 aromatic heterocycles. The summed E-state index contributed by atoms with van der Waals surface area (Å²) in [6.07, 6.45) is 2.30. The zero-order valence-electron chi connectivity index (χ0n) is 14.3. The normalized spacial score (nSPS) is 10.7. The van der Waals surface area contributed by atoms with Crippen molar-refractivity contribution >= 4 is 45.8 Å². The van der Waals surface area contributed by atoms with Crippen molar-refractivity contribution in [3.8, 4) is 0 Å². The molecule has 134 valence electrons. The Hall–Kier alpha value is -2.30. The van der Waals surface area contributed by atoms with Crippen LogP contribution in [0.3, 0.4) is 0 Å². The Morgan fingerprint density at radius 1 is 1.19 bits per heavy atom. The van der Waals surface area contributed by atoms with E-state index in [1.165, 1.54) is 11.8 Å². The van der Waals surface area contributed by atoms with Gasteiger partial charge in [0.05, 0.1) is 22.8 Å². The van der Waals surface area contributed by atoms with Gasteiger partial charge in [-0.25, -0.2) is 4.79 Å². The summed E-state index contributed by atoms with van der Waals surface area (Å²) in [6.45, 7) is 2.69. The number of aromatic nitrogens is 1. The number of esters is 1. The lowest BCUT2D eigenvalue weighted by atomic mass is 10.1. The summed E-state index contributed by atoms with van der Waals surface area (Å²) in [5.74, 6) is -0.430. The molecule has 0 amide bonds. The molecule has 0 aliphatic rings. The lowest BCUT2D eigenvalue weighted by molar-refractivity contribution is 0.0527. The Balaban J connectivity index is 1.98. The zero-order chi connectivity index (χ0) is 18.5. The van der Waals surface area contributed by atoms with Crippen LogP contribution in [0.5, 0.6) is 0 Å². The van der Waals surface area contributed by atoms with Gasteiger partial charge in [-0.15, -0.1) is 0 Å². The Kier molecular flexibility index (Phi) is 5.96. The van der Waals surface area contributed by atoms with Gasteiger partial charge in [-0.1, -0.05) is 53.5 Å². The molecule has 3 aromatic rings. The molecule has 0 atom stereocenters. The third kappa shape index (κ3) is 4.09. The monoisotopic (exact) mass is 388 g/mol. The summed E-state index contributed by atoms with van der Waals surface area (Å²) in [5, 5.41) is 4.96. The number of hydrogen-bond acceptors (Lipinski definition) is 4. The third-order valence-corrected chi connectivity index (χ3v) is 4.45. The van der Waals surface area contributed by atoms with Crippen molar-refractivity contribution in [2.75, 3.05) is 18.5 Å². The van der Waals surface area contributed by atoms with E-state index in [9.17, 15) is 4.79 Å². The average Bonchev–Trinajstić information content (AvgIpc) is 2.63. The Labute approximate surface area is 162 Å². The number of ether oxygens (including phenoxy) is 1. The van der Waals surface area contributed by atoms with Gasteiger partial charge >= 0.3 is 5.97 Å². The van der Waals surface area contributed by atoms with Crippen molar-refractivity contribution in [1.82, 2.24) is 4.98 Å². The van der Waals surface area contributed by atoms with Crippen LogP contribution in [0.15, 0.2) is 48.7 Å². The van der Waals surface area contributed by atoms with E-state index in [-0.39, 0.29) is 6.61 Å². The van der Waals surface area contributed by atoms with E-state index in [4.69, 9.17) is 27.9 Å². The highest BCUT2D eigenvalue weighted by molar-refractivity contribution is 6.38. The summed E-state index contributed by atoms with van der Waals surface area (Å²) < 4.78 is 5.16. The minimum Gasteiger partial charge on any atom is -0.462 e. The number of fused-ring (bicyclic) bond motifs is 1. The fourth-order valence-corrected chi connectivity index (χ4v) is 3.30. The van der Waals surface area contributed by atoms with Gasteiger partial charge < -0.3 is 10.1 Å². The van der Waals surface area contributed by atoms with E-state index in [2.05, 4.69) is 22.4 Å². The van der Waals surface area contributed by atoms with Crippen LogP contribution >= 0.6 is 23.2 Å². The molecule has 1 N–H and O–H groups in total. The molecule has 0 fully saturated rings. The van der Waals surface area contributed by atoms with Gasteiger partial charge in [0.15, 0.2) is 0 Å². The standard InChI is InChI=1S/C20H18Cl2N2O2/c1-2-26-20(25)16-12-24-19-15(10-14(21)11-17(19)22)18(16)23-9-8-13-6-4-3-5-7-13/h3-7,10-12H,2,8-9H2,1H3,(H,23,24). The molecular formula is C20H18Cl2N2O2. The Bertz CT molecular complexity index is 930. The number of carbonyl (C=O) groups is 1. The lowest BCUT2D eigenvalue weighted by Gasteiger charge is -2.15. The smallest absolute Gasteiger partial charge is 0.341 e. The number of rotatable bonds is 6. The van der Waals surface area contributed by atoms with Crippen LogP contribution in [0.1, 0.15) is 22.8 Å². The first-order chi connectivity index (χ1) is 12.6. The molecule has 26 heavy (non-hydrogen) atoms. The molecule has 1 heterocycles. The molecule has 0 aliphatic heterocycles. The molecule has 0 spiro atoms. The van der Waals surface area contributed by atoms with Crippen molar-refractivity contribution in [2.45, 2.75) is 13.3 Å². The van der Waals surface area contributed by atoms with Crippen LogP contribution in [0.4, 0.5) is 5.69 Å². The number of hydrogen-bond donors (Lipinski definition) is 1. The second kappa shape index (κ2) is 8.39. The second-order valence-corrected chi connectivity index (χ2v) is 6.56. The topological polar surface area (TPSA) is 51.2 Å². The molecule has 3 rings (SSSR count). The number of halogens is 2. The van der Waals surface area contributed by atoms with E-state index >= 15 is 0 Å². The van der Waals surface area contributed by atoms with Gasteiger partial charge in [0.1, 0.15) is 5.56 Å². The quantitative estimate of drug-likeness (QED) is 0.576. The maximum absolute atomic E-state index is 12.3. The van der Waals surface area contributed by atoms with Crippen LogP contribution in [-0.4, -0.2) is 24.1 Å². The SMILES string of the molecule is CCOC(=O)c1cnc2c(Cl)cc(Cl)cc2c1NCCc1ccccc1. The number of anilines is 1. The Morgan fingerprint density at radius 3 is 2.69 bits per heavy atom. The highest BCUT2D eigenvalue weighted by atomic mass is 35.5. The first-order valence-electron chi connectivity index (χ1n) is 8.32. The van der Waals surface area contributed by atoms with Crippen molar-refractivity contribution < 1.29 is 9.53 Å². The predicted octanol–water partition coefficient (Wildman–Crippen LogP) is 5.37. The van der Waals surface area contributed by atoms with Gasteiger partial charge in [-0.3, -0.25) is 4.98 Å². The van der Waals surface area contributed by atoms with Crippen molar-refractivity contribution in [3.05, 3.63) is 69.8 Å². The summed E-state index contributed by atoms with van der Waals surface area (Å²) in [6, 6.07) is 13.5. The van der Waals surface area contributed by atoms with Crippen molar-refractivity contribution in [1.29, 1.82) is 0 Å².